The molecule has 1 nitrogen and oxygen atoms in total. The highest BCUT2D eigenvalue weighted by Crippen LogP contribution is 2.89. The van der Waals surface area contributed by atoms with Gasteiger partial charge in [0.05, 0.1) is 5.69 Å². The van der Waals surface area contributed by atoms with Crippen LogP contribution in [0.2, 0.25) is 0 Å². The van der Waals surface area contributed by atoms with Gasteiger partial charge in [0.25, 0.3) is 0 Å². The predicted octanol–water partition coefficient (Wildman–Crippen LogP) is 13.0. The zero-order valence-corrected chi connectivity index (χ0v) is 30.7. The summed E-state index contributed by atoms with van der Waals surface area (Å²) in [6.07, 6.45) is 8.25. The second-order valence-electron chi connectivity index (χ2n) is 18.0. The molecule has 5 aromatic rings. The van der Waals surface area contributed by atoms with Crippen molar-refractivity contribution in [2.45, 2.75) is 92.3 Å². The van der Waals surface area contributed by atoms with Crippen LogP contribution in [0, 0.1) is 29.1 Å². The molecule has 0 N–H and O–H groups in total. The van der Waals surface area contributed by atoms with Gasteiger partial charge in [0, 0.05) is 26.6 Å². The number of rotatable bonds is 4. The van der Waals surface area contributed by atoms with Crippen LogP contribution in [-0.4, -0.2) is 0 Å². The van der Waals surface area contributed by atoms with E-state index in [-0.39, 0.29) is 16.2 Å². The van der Waals surface area contributed by atoms with Crippen LogP contribution in [-0.2, 0) is 16.2 Å². The van der Waals surface area contributed by atoms with Gasteiger partial charge in [-0.1, -0.05) is 124 Å². The summed E-state index contributed by atoms with van der Waals surface area (Å²) in [5, 5.41) is 0. The Hall–Kier alpha value is -3.75. The number of fused-ring (bicyclic) bond motifs is 8. The topological polar surface area (TPSA) is 3.24 Å². The van der Waals surface area contributed by atoms with Crippen molar-refractivity contribution in [1.82, 2.24) is 0 Å². The van der Waals surface area contributed by atoms with Crippen molar-refractivity contribution >= 4 is 28.8 Å². The molecule has 0 aromatic heterocycles. The Morgan fingerprint density at radius 3 is 2.14 bits per heavy atom. The van der Waals surface area contributed by atoms with Gasteiger partial charge in [-0.15, -0.1) is 0 Å². The molecule has 50 heavy (non-hydrogen) atoms. The molecular weight excluding hydrogens is 623 g/mol. The first kappa shape index (κ1) is 29.9. The van der Waals surface area contributed by atoms with Gasteiger partial charge in [0.1, 0.15) is 0 Å². The molecule has 0 saturated heterocycles. The molecule has 6 unspecified atom stereocenters. The van der Waals surface area contributed by atoms with E-state index in [0.29, 0.717) is 5.41 Å². The van der Waals surface area contributed by atoms with Gasteiger partial charge in [-0.25, -0.2) is 0 Å². The van der Waals surface area contributed by atoms with Gasteiger partial charge < -0.3 is 4.90 Å². The van der Waals surface area contributed by atoms with E-state index in [2.05, 4.69) is 160 Å². The molecule has 6 atom stereocenters. The van der Waals surface area contributed by atoms with Crippen LogP contribution in [0.15, 0.2) is 125 Å². The summed E-state index contributed by atoms with van der Waals surface area (Å²) in [7, 11) is 0. The summed E-state index contributed by atoms with van der Waals surface area (Å²) in [6.45, 7) is 9.83. The van der Waals surface area contributed by atoms with Gasteiger partial charge >= 0.3 is 0 Å². The fourth-order valence-electron chi connectivity index (χ4n) is 13.0. The summed E-state index contributed by atoms with van der Waals surface area (Å²) < 4.78 is 0. The monoisotopic (exact) mass is 669 g/mol. The maximum atomic E-state index is 2.60. The van der Waals surface area contributed by atoms with Crippen molar-refractivity contribution in [3.8, 4) is 11.1 Å². The van der Waals surface area contributed by atoms with Crippen LogP contribution in [0.4, 0.5) is 17.1 Å². The lowest BCUT2D eigenvalue weighted by molar-refractivity contribution is -0.235. The number of para-hydroxylation sites is 1. The van der Waals surface area contributed by atoms with E-state index in [9.17, 15) is 0 Å². The zero-order valence-electron chi connectivity index (χ0n) is 29.9. The lowest BCUT2D eigenvalue weighted by Gasteiger charge is -2.78. The summed E-state index contributed by atoms with van der Waals surface area (Å²) in [6, 6.07) is 44.4. The standard InChI is InChI=1S/C48H47NS/c1-45(2)23-24-46(3,4)43-37(45)18-12-20-39(43)49(33-15-9-6-10-16-33)34-21-22-36-40(28-34)50-44-35(31-13-7-5-8-14-31)17-11-19-38(44)48(36)41-26-30-25-32-27-42(48)47(32,41)29-30/h5-22,28,30,32,41-42H,23-27,29H2,1-4H3. The Kier molecular flexibility index (Phi) is 5.97. The fraction of sp³-hybridized carbons (Fsp3) is 0.375. The van der Waals surface area contributed by atoms with E-state index < -0.39 is 0 Å². The summed E-state index contributed by atoms with van der Waals surface area (Å²) in [4.78, 5) is 5.58. The third-order valence-electron chi connectivity index (χ3n) is 15.0. The second-order valence-corrected chi connectivity index (χ2v) is 19.1. The van der Waals surface area contributed by atoms with Gasteiger partial charge in [0.2, 0.25) is 0 Å². The molecule has 2 bridgehead atoms. The number of anilines is 3. The van der Waals surface area contributed by atoms with Crippen molar-refractivity contribution in [3.05, 3.63) is 138 Å². The van der Waals surface area contributed by atoms with E-state index in [1.807, 2.05) is 0 Å². The van der Waals surface area contributed by atoms with Gasteiger partial charge in [-0.3, -0.25) is 0 Å². The smallest absolute Gasteiger partial charge is 0.0502 e. The minimum absolute atomic E-state index is 0.0911. The molecule has 4 fully saturated rings. The molecule has 11 rings (SSSR count). The normalized spacial score (nSPS) is 31.1. The molecule has 2 heteroatoms. The van der Waals surface area contributed by atoms with E-state index in [1.165, 1.54) is 87.6 Å². The second kappa shape index (κ2) is 9.97. The van der Waals surface area contributed by atoms with Crippen molar-refractivity contribution in [2.24, 2.45) is 29.1 Å². The third kappa shape index (κ3) is 3.62. The Labute approximate surface area is 302 Å². The molecule has 0 radical (unpaired) electrons. The predicted molar refractivity (Wildman–Crippen MR) is 208 cm³/mol. The van der Waals surface area contributed by atoms with Crippen molar-refractivity contribution in [1.29, 1.82) is 0 Å². The molecule has 250 valence electrons. The minimum atomic E-state index is 0.0911. The summed E-state index contributed by atoms with van der Waals surface area (Å²) >= 11 is 2.05. The molecule has 5 aromatic carbocycles. The maximum absolute atomic E-state index is 2.60. The molecule has 1 heterocycles. The molecule has 6 aliphatic rings. The zero-order chi connectivity index (χ0) is 33.6. The first-order valence-electron chi connectivity index (χ1n) is 19.2. The van der Waals surface area contributed by atoms with Crippen molar-refractivity contribution in [3.63, 3.8) is 0 Å². The third-order valence-corrected chi connectivity index (χ3v) is 16.2. The lowest BCUT2D eigenvalue weighted by Crippen LogP contribution is -2.74. The van der Waals surface area contributed by atoms with E-state index in [4.69, 9.17) is 0 Å². The highest BCUT2D eigenvalue weighted by atomic mass is 32.2. The lowest BCUT2D eigenvalue weighted by atomic mass is 9.26. The molecule has 1 aliphatic heterocycles. The highest BCUT2D eigenvalue weighted by molar-refractivity contribution is 7.99. The largest absolute Gasteiger partial charge is 0.310 e. The molecule has 2 spiro atoms. The van der Waals surface area contributed by atoms with E-state index >= 15 is 0 Å². The number of nitrogens with zero attached hydrogens (tertiary/aromatic N) is 1. The summed E-state index contributed by atoms with van der Waals surface area (Å²) in [5.74, 6) is 3.48. The van der Waals surface area contributed by atoms with Crippen LogP contribution in [0.3, 0.4) is 0 Å². The maximum Gasteiger partial charge on any atom is 0.0502 e. The minimum Gasteiger partial charge on any atom is -0.310 e. The summed E-state index contributed by atoms with van der Waals surface area (Å²) in [5.41, 5.74) is 13.9. The Balaban J connectivity index is 1.14. The van der Waals surface area contributed by atoms with Crippen LogP contribution in [0.5, 0.6) is 0 Å². The molecule has 5 aliphatic carbocycles. The average molecular weight is 670 g/mol. The van der Waals surface area contributed by atoms with Crippen LogP contribution < -0.4 is 4.90 Å². The Morgan fingerprint density at radius 1 is 0.620 bits per heavy atom. The first-order chi connectivity index (χ1) is 24.2. The Morgan fingerprint density at radius 2 is 1.34 bits per heavy atom. The van der Waals surface area contributed by atoms with Crippen LogP contribution in [0.1, 0.15) is 88.5 Å². The average Bonchev–Trinajstić information content (AvgIpc) is 3.66. The highest BCUT2D eigenvalue weighted by Gasteiger charge is 2.84. The van der Waals surface area contributed by atoms with Crippen molar-refractivity contribution in [2.75, 3.05) is 4.90 Å². The van der Waals surface area contributed by atoms with Gasteiger partial charge in [-0.2, -0.15) is 0 Å². The first-order valence-corrected chi connectivity index (χ1v) is 20.1. The van der Waals surface area contributed by atoms with Gasteiger partial charge in [-0.05, 0) is 142 Å². The molecular formula is C48H47NS. The SMILES string of the molecule is CC1(C)CCC(C)(C)c2c(N(c3ccccc3)c3ccc4c(c3)Sc3c(-c5ccccc5)cccc3C43C4CC5CC6CC3C64C5)cccc21. The van der Waals surface area contributed by atoms with E-state index in [1.54, 1.807) is 11.1 Å². The van der Waals surface area contributed by atoms with E-state index in [0.717, 1.165) is 23.7 Å². The molecule has 0 amide bonds. The number of hydrogen-bond acceptors (Lipinski definition) is 2. The number of hydrogen-bond donors (Lipinski definition) is 0. The quantitative estimate of drug-likeness (QED) is 0.187. The Bertz CT molecular complexity index is 2200. The molecule has 4 saturated carbocycles. The van der Waals surface area contributed by atoms with Gasteiger partial charge in [0.15, 0.2) is 0 Å². The van der Waals surface area contributed by atoms with Crippen LogP contribution >= 0.6 is 11.8 Å². The van der Waals surface area contributed by atoms with Crippen LogP contribution in [0.25, 0.3) is 11.1 Å². The van der Waals surface area contributed by atoms with Crippen molar-refractivity contribution < 1.29 is 0 Å². The fourth-order valence-corrected chi connectivity index (χ4v) is 14.4. The number of benzene rings is 5.